The Bertz CT molecular complexity index is 1640. The van der Waals surface area contributed by atoms with Crippen LogP contribution in [0.2, 0.25) is 0 Å². The summed E-state index contributed by atoms with van der Waals surface area (Å²) in [7, 11) is 1.52. The van der Waals surface area contributed by atoms with Gasteiger partial charge in [-0.2, -0.15) is 23.3 Å². The lowest BCUT2D eigenvalue weighted by atomic mass is 10.0. The van der Waals surface area contributed by atoms with Crippen LogP contribution in [0.1, 0.15) is 0 Å². The van der Waals surface area contributed by atoms with Crippen LogP contribution in [0, 0.1) is 0 Å². The van der Waals surface area contributed by atoms with Gasteiger partial charge in [-0.1, -0.05) is 6.07 Å². The number of methoxy groups -OCH3 is 1. The van der Waals surface area contributed by atoms with E-state index in [2.05, 4.69) is 10.1 Å². The lowest BCUT2D eigenvalue weighted by molar-refractivity contribution is -0.154. The third kappa shape index (κ3) is 4.98. The number of aliphatic hydroxyl groups is 1. The van der Waals surface area contributed by atoms with Gasteiger partial charge in [0.25, 0.3) is 5.56 Å². The van der Waals surface area contributed by atoms with Crippen LogP contribution in [-0.2, 0) is 6.54 Å². The summed E-state index contributed by atoms with van der Waals surface area (Å²) in [6.07, 6.45) is -2.75. The van der Waals surface area contributed by atoms with Gasteiger partial charge in [0.2, 0.25) is 5.88 Å². The number of aromatic nitrogens is 4. The second-order valence-corrected chi connectivity index (χ2v) is 8.25. The predicted octanol–water partition coefficient (Wildman–Crippen LogP) is 4.34. The molecule has 2 aromatic carbocycles. The molecule has 0 aliphatic heterocycles. The molecule has 0 amide bonds. The number of ether oxygens (including phenoxy) is 2. The lowest BCUT2D eigenvalue weighted by Crippen LogP contribution is -2.22. The minimum absolute atomic E-state index is 0.0558. The largest absolute Gasteiger partial charge is 0.497 e. The van der Waals surface area contributed by atoms with Crippen LogP contribution in [0.25, 0.3) is 38.8 Å². The molecule has 0 saturated carbocycles. The molecule has 0 atom stereocenters. The highest BCUT2D eigenvalue weighted by molar-refractivity contribution is 5.88. The molecule has 190 valence electrons. The number of aliphatic hydroxyl groups excluding tert-OH is 1. The normalized spacial score (nSPS) is 11.8. The minimum Gasteiger partial charge on any atom is -0.497 e. The van der Waals surface area contributed by atoms with E-state index in [4.69, 9.17) is 9.47 Å². The summed E-state index contributed by atoms with van der Waals surface area (Å²) in [4.78, 5) is 18.1. The topological polar surface area (TPSA) is 91.4 Å². The van der Waals surface area contributed by atoms with Crippen LogP contribution >= 0.6 is 0 Å². The van der Waals surface area contributed by atoms with E-state index in [0.29, 0.717) is 40.0 Å². The Labute approximate surface area is 208 Å². The second kappa shape index (κ2) is 9.58. The molecule has 0 aliphatic carbocycles. The SMILES string of the molecule is COc1ccc(-n2c(=O)c(-c3ccc4nn(CCO)cc4c3)cc3ccc(OCC(F)(F)F)nc32)cc1. The molecule has 0 bridgehead atoms. The molecular weight excluding hydrogens is 489 g/mol. The molecule has 0 unspecified atom stereocenters. The average Bonchev–Trinajstić information content (AvgIpc) is 3.28. The first-order chi connectivity index (χ1) is 17.8. The molecule has 0 fully saturated rings. The highest BCUT2D eigenvalue weighted by Gasteiger charge is 2.28. The molecule has 0 aliphatic rings. The van der Waals surface area contributed by atoms with Crippen molar-refractivity contribution in [3.63, 3.8) is 0 Å². The van der Waals surface area contributed by atoms with Crippen molar-refractivity contribution >= 4 is 21.9 Å². The molecule has 3 heterocycles. The van der Waals surface area contributed by atoms with E-state index < -0.39 is 18.3 Å². The van der Waals surface area contributed by atoms with Gasteiger partial charge < -0.3 is 14.6 Å². The zero-order valence-corrected chi connectivity index (χ0v) is 19.6. The summed E-state index contributed by atoms with van der Waals surface area (Å²) in [6.45, 7) is -1.21. The molecule has 0 spiro atoms. The lowest BCUT2D eigenvalue weighted by Gasteiger charge is -2.15. The van der Waals surface area contributed by atoms with Gasteiger partial charge in [-0.05, 0) is 54.1 Å². The van der Waals surface area contributed by atoms with E-state index in [-0.39, 0.29) is 18.1 Å². The number of hydrogen-bond donors (Lipinski definition) is 1. The van der Waals surface area contributed by atoms with Crippen molar-refractivity contribution < 1.29 is 27.8 Å². The van der Waals surface area contributed by atoms with Gasteiger partial charge in [-0.15, -0.1) is 0 Å². The van der Waals surface area contributed by atoms with Gasteiger partial charge in [-0.3, -0.25) is 14.0 Å². The first kappa shape index (κ1) is 24.3. The summed E-state index contributed by atoms with van der Waals surface area (Å²) in [5, 5.41) is 14.9. The van der Waals surface area contributed by atoms with E-state index in [9.17, 15) is 23.1 Å². The van der Waals surface area contributed by atoms with Crippen LogP contribution in [0.5, 0.6) is 11.6 Å². The van der Waals surface area contributed by atoms with Gasteiger partial charge in [0.1, 0.15) is 5.75 Å². The van der Waals surface area contributed by atoms with Crippen molar-refractivity contribution in [3.8, 4) is 28.4 Å². The third-order valence-corrected chi connectivity index (χ3v) is 5.73. The van der Waals surface area contributed by atoms with Gasteiger partial charge in [0, 0.05) is 28.6 Å². The Kier molecular flexibility index (Phi) is 6.30. The van der Waals surface area contributed by atoms with Crippen molar-refractivity contribution in [1.82, 2.24) is 19.3 Å². The molecule has 5 aromatic rings. The summed E-state index contributed by atoms with van der Waals surface area (Å²) in [6, 6.07) is 16.6. The fraction of sp³-hybridized carbons (Fsp3) is 0.192. The zero-order chi connectivity index (χ0) is 26.2. The summed E-state index contributed by atoms with van der Waals surface area (Å²) in [5.41, 5.74) is 1.89. The first-order valence-corrected chi connectivity index (χ1v) is 11.2. The van der Waals surface area contributed by atoms with Crippen molar-refractivity contribution in [2.24, 2.45) is 0 Å². The number of rotatable bonds is 7. The van der Waals surface area contributed by atoms with E-state index in [1.807, 2.05) is 6.07 Å². The van der Waals surface area contributed by atoms with Crippen LogP contribution in [0.3, 0.4) is 0 Å². The molecule has 37 heavy (non-hydrogen) atoms. The van der Waals surface area contributed by atoms with Crippen molar-refractivity contribution in [2.75, 3.05) is 20.3 Å². The van der Waals surface area contributed by atoms with Crippen molar-refractivity contribution in [3.05, 3.63) is 77.2 Å². The number of fused-ring (bicyclic) bond motifs is 2. The smallest absolute Gasteiger partial charge is 0.422 e. The quantitative estimate of drug-likeness (QED) is 0.350. The molecule has 8 nitrogen and oxygen atoms in total. The Morgan fingerprint density at radius 2 is 1.78 bits per heavy atom. The minimum atomic E-state index is -4.53. The molecule has 1 N–H and O–H groups in total. The fourth-order valence-electron chi connectivity index (χ4n) is 4.04. The number of pyridine rings is 2. The van der Waals surface area contributed by atoms with E-state index in [1.54, 1.807) is 59.4 Å². The molecule has 0 radical (unpaired) electrons. The van der Waals surface area contributed by atoms with Crippen LogP contribution in [0.4, 0.5) is 13.2 Å². The van der Waals surface area contributed by atoms with Gasteiger partial charge in [0.15, 0.2) is 12.3 Å². The number of hydrogen-bond acceptors (Lipinski definition) is 6. The third-order valence-electron chi connectivity index (χ3n) is 5.73. The van der Waals surface area contributed by atoms with E-state index in [1.165, 1.54) is 17.7 Å². The maximum absolute atomic E-state index is 13.8. The zero-order valence-electron chi connectivity index (χ0n) is 19.6. The van der Waals surface area contributed by atoms with Crippen LogP contribution < -0.4 is 15.0 Å². The predicted molar refractivity (Wildman–Crippen MR) is 131 cm³/mol. The number of alkyl halides is 3. The molecule has 11 heteroatoms. The van der Waals surface area contributed by atoms with Crippen LogP contribution in [-0.4, -0.2) is 50.9 Å². The number of nitrogens with zero attached hydrogens (tertiary/aromatic N) is 4. The molecule has 0 saturated heterocycles. The highest BCUT2D eigenvalue weighted by Crippen LogP contribution is 2.28. The Morgan fingerprint density at radius 1 is 1.00 bits per heavy atom. The highest BCUT2D eigenvalue weighted by atomic mass is 19.4. The fourth-order valence-corrected chi connectivity index (χ4v) is 4.04. The number of benzene rings is 2. The molecule has 3 aromatic heterocycles. The van der Waals surface area contributed by atoms with Crippen molar-refractivity contribution in [1.29, 1.82) is 0 Å². The van der Waals surface area contributed by atoms with Gasteiger partial charge in [0.05, 0.1) is 31.5 Å². The maximum atomic E-state index is 13.8. The summed E-state index contributed by atoms with van der Waals surface area (Å²) in [5.74, 6) is 0.321. The first-order valence-electron chi connectivity index (χ1n) is 11.2. The Balaban J connectivity index is 1.69. The van der Waals surface area contributed by atoms with Gasteiger partial charge >= 0.3 is 6.18 Å². The molecular formula is C26H21F3N4O4. The Hall–Kier alpha value is -4.38. The van der Waals surface area contributed by atoms with E-state index >= 15 is 0 Å². The van der Waals surface area contributed by atoms with Crippen LogP contribution in [0.15, 0.2) is 71.7 Å². The monoisotopic (exact) mass is 510 g/mol. The van der Waals surface area contributed by atoms with E-state index in [0.717, 1.165) is 5.39 Å². The Morgan fingerprint density at radius 3 is 2.49 bits per heavy atom. The standard InChI is InChI=1S/C26H21F3N4O4/c1-36-20-6-4-19(5-7-20)33-24-17(3-9-23(30-24)37-15-26(27,28)29)13-21(25(33)35)16-2-8-22-18(12-16)14-32(31-22)10-11-34/h2-9,12-14,34H,10-11,15H2,1H3. The summed E-state index contributed by atoms with van der Waals surface area (Å²) < 4.78 is 51.1. The number of halogens is 3. The second-order valence-electron chi connectivity index (χ2n) is 8.25. The summed E-state index contributed by atoms with van der Waals surface area (Å²) >= 11 is 0. The van der Waals surface area contributed by atoms with Crippen molar-refractivity contribution in [2.45, 2.75) is 12.7 Å². The average molecular weight is 510 g/mol. The van der Waals surface area contributed by atoms with Gasteiger partial charge in [-0.25, -0.2) is 0 Å². The molecule has 5 rings (SSSR count). The maximum Gasteiger partial charge on any atom is 0.422 e.